The van der Waals surface area contributed by atoms with Crippen molar-refractivity contribution < 1.29 is 19.1 Å². The Morgan fingerprint density at radius 1 is 1.25 bits per heavy atom. The highest BCUT2D eigenvalue weighted by atomic mass is 16.7. The molecule has 1 aromatic carbocycles. The van der Waals surface area contributed by atoms with Gasteiger partial charge in [-0.1, -0.05) is 0 Å². The minimum atomic E-state index is -1.24. The van der Waals surface area contributed by atoms with Crippen LogP contribution in [0.15, 0.2) is 24.3 Å². The monoisotopic (exact) mass is 279 g/mol. The molecule has 0 aromatic heterocycles. The second-order valence-electron chi connectivity index (χ2n) is 3.80. The molecule has 1 rings (SSSR count). The number of nitrogens with zero attached hydrogens (tertiary/aromatic N) is 1. The summed E-state index contributed by atoms with van der Waals surface area (Å²) in [7, 11) is 0. The van der Waals surface area contributed by atoms with Gasteiger partial charge in [-0.3, -0.25) is 10.1 Å². The number of nitro groups is 1. The van der Waals surface area contributed by atoms with E-state index in [9.17, 15) is 10.1 Å². The lowest BCUT2D eigenvalue weighted by molar-refractivity contribution is -0.384. The minimum Gasteiger partial charge on any atom is -0.487 e. The number of ether oxygens (including phenoxy) is 3. The Labute approximate surface area is 117 Å². The third-order valence-electron chi connectivity index (χ3n) is 2.45. The molecule has 0 heterocycles. The third-order valence-corrected chi connectivity index (χ3v) is 2.45. The van der Waals surface area contributed by atoms with Crippen molar-refractivity contribution in [1.29, 1.82) is 0 Å². The van der Waals surface area contributed by atoms with E-state index >= 15 is 0 Å². The van der Waals surface area contributed by atoms with Crippen LogP contribution < -0.4 is 4.74 Å². The van der Waals surface area contributed by atoms with E-state index in [4.69, 9.17) is 20.6 Å². The molecule has 0 fully saturated rings. The van der Waals surface area contributed by atoms with Crippen molar-refractivity contribution in [3.05, 3.63) is 34.4 Å². The molecule has 0 N–H and O–H groups in total. The molecule has 6 nitrogen and oxygen atoms in total. The number of nitro benzene ring substituents is 1. The average molecular weight is 279 g/mol. The lowest BCUT2D eigenvalue weighted by atomic mass is 10.3. The molecule has 6 heteroatoms. The molecule has 0 amide bonds. The molecular weight excluding hydrogens is 262 g/mol. The zero-order valence-corrected chi connectivity index (χ0v) is 11.5. The SMILES string of the molecule is C#CC(COc1ccc([N+](=O)[O-])cc1)(OCC)OCC. The molecular formula is C14H17NO5. The molecule has 0 aliphatic carbocycles. The number of hydrogen-bond donors (Lipinski definition) is 0. The zero-order valence-electron chi connectivity index (χ0n) is 11.5. The fraction of sp³-hybridized carbons (Fsp3) is 0.429. The first-order valence-electron chi connectivity index (χ1n) is 6.19. The Morgan fingerprint density at radius 2 is 1.80 bits per heavy atom. The van der Waals surface area contributed by atoms with E-state index in [-0.39, 0.29) is 12.3 Å². The van der Waals surface area contributed by atoms with E-state index in [1.165, 1.54) is 24.3 Å². The van der Waals surface area contributed by atoms with Crippen LogP contribution in [-0.4, -0.2) is 30.5 Å². The molecule has 0 radical (unpaired) electrons. The summed E-state index contributed by atoms with van der Waals surface area (Å²) in [4.78, 5) is 10.1. The molecule has 0 unspecified atom stereocenters. The number of non-ortho nitro benzene ring substituents is 1. The van der Waals surface area contributed by atoms with Crippen LogP contribution in [0.3, 0.4) is 0 Å². The van der Waals surface area contributed by atoms with Crippen molar-refractivity contribution >= 4 is 5.69 Å². The summed E-state index contributed by atoms with van der Waals surface area (Å²) in [6, 6.07) is 5.71. The normalized spacial score (nSPS) is 10.8. The summed E-state index contributed by atoms with van der Waals surface area (Å²) in [6.07, 6.45) is 5.44. The van der Waals surface area contributed by atoms with Gasteiger partial charge in [-0.15, -0.1) is 6.42 Å². The Balaban J connectivity index is 2.72. The Kier molecular flexibility index (Phi) is 5.97. The predicted octanol–water partition coefficient (Wildman–Crippen LogP) is 2.38. The molecule has 0 atom stereocenters. The van der Waals surface area contributed by atoms with Crippen LogP contribution in [0.5, 0.6) is 5.75 Å². The van der Waals surface area contributed by atoms with Gasteiger partial charge in [0.15, 0.2) is 6.61 Å². The van der Waals surface area contributed by atoms with Crippen molar-refractivity contribution in [2.24, 2.45) is 0 Å². The van der Waals surface area contributed by atoms with Crippen molar-refractivity contribution in [2.75, 3.05) is 19.8 Å². The highest BCUT2D eigenvalue weighted by Gasteiger charge is 2.30. The van der Waals surface area contributed by atoms with Crippen LogP contribution in [0, 0.1) is 22.5 Å². The summed E-state index contributed by atoms with van der Waals surface area (Å²) < 4.78 is 16.3. The summed E-state index contributed by atoms with van der Waals surface area (Å²) >= 11 is 0. The van der Waals surface area contributed by atoms with Crippen LogP contribution in [0.1, 0.15) is 13.8 Å². The average Bonchev–Trinajstić information content (AvgIpc) is 2.45. The summed E-state index contributed by atoms with van der Waals surface area (Å²) in [5.74, 6) is 1.65. The van der Waals surface area contributed by atoms with E-state index in [1.807, 2.05) is 0 Å². The molecule has 0 spiro atoms. The highest BCUT2D eigenvalue weighted by Crippen LogP contribution is 2.20. The smallest absolute Gasteiger partial charge is 0.269 e. The van der Waals surface area contributed by atoms with Crippen LogP contribution >= 0.6 is 0 Å². The van der Waals surface area contributed by atoms with Crippen molar-refractivity contribution in [3.8, 4) is 18.1 Å². The fourth-order valence-corrected chi connectivity index (χ4v) is 1.56. The first-order chi connectivity index (χ1) is 9.56. The molecule has 20 heavy (non-hydrogen) atoms. The van der Waals surface area contributed by atoms with Gasteiger partial charge in [0.2, 0.25) is 0 Å². The molecule has 0 aliphatic rings. The van der Waals surface area contributed by atoms with E-state index < -0.39 is 10.7 Å². The molecule has 0 saturated heterocycles. The van der Waals surface area contributed by atoms with Crippen LogP contribution in [-0.2, 0) is 9.47 Å². The molecule has 1 aromatic rings. The van der Waals surface area contributed by atoms with Gasteiger partial charge in [0.05, 0.1) is 4.92 Å². The molecule has 0 bridgehead atoms. The number of terminal acetylenes is 1. The quantitative estimate of drug-likeness (QED) is 0.316. The summed E-state index contributed by atoms with van der Waals surface area (Å²) in [5, 5.41) is 10.5. The van der Waals surface area contributed by atoms with Gasteiger partial charge in [0.25, 0.3) is 11.5 Å². The van der Waals surface area contributed by atoms with Gasteiger partial charge in [-0.2, -0.15) is 0 Å². The maximum atomic E-state index is 10.5. The maximum Gasteiger partial charge on any atom is 0.269 e. The molecule has 0 aliphatic heterocycles. The van der Waals surface area contributed by atoms with Gasteiger partial charge in [-0.05, 0) is 31.9 Å². The van der Waals surface area contributed by atoms with E-state index in [2.05, 4.69) is 5.92 Å². The van der Waals surface area contributed by atoms with Crippen LogP contribution in [0.2, 0.25) is 0 Å². The topological polar surface area (TPSA) is 70.8 Å². The lowest BCUT2D eigenvalue weighted by Gasteiger charge is -2.27. The minimum absolute atomic E-state index is 0.00297. The Bertz CT molecular complexity index is 471. The zero-order chi connectivity index (χ0) is 15.0. The molecule has 108 valence electrons. The van der Waals surface area contributed by atoms with Gasteiger partial charge < -0.3 is 14.2 Å². The second kappa shape index (κ2) is 7.48. The number of hydrogen-bond acceptors (Lipinski definition) is 5. The maximum absolute atomic E-state index is 10.5. The van der Waals surface area contributed by atoms with Crippen molar-refractivity contribution in [3.63, 3.8) is 0 Å². The van der Waals surface area contributed by atoms with Gasteiger partial charge >= 0.3 is 0 Å². The fourth-order valence-electron chi connectivity index (χ4n) is 1.56. The van der Waals surface area contributed by atoms with E-state index in [0.717, 1.165) is 0 Å². The first-order valence-corrected chi connectivity index (χ1v) is 6.19. The van der Waals surface area contributed by atoms with Crippen molar-refractivity contribution in [2.45, 2.75) is 19.6 Å². The standard InChI is InChI=1S/C14H17NO5/c1-4-14(19-5-2,20-6-3)11-18-13-9-7-12(8-10-13)15(16)17/h1,7-10H,5-6,11H2,2-3H3. The summed E-state index contributed by atoms with van der Waals surface area (Å²) in [6.45, 7) is 4.37. The second-order valence-corrected chi connectivity index (χ2v) is 3.80. The van der Waals surface area contributed by atoms with Gasteiger partial charge in [-0.25, -0.2) is 0 Å². The third kappa shape index (κ3) is 4.23. The van der Waals surface area contributed by atoms with Gasteiger partial charge in [0.1, 0.15) is 5.75 Å². The van der Waals surface area contributed by atoms with Crippen LogP contribution in [0.25, 0.3) is 0 Å². The number of benzene rings is 1. The van der Waals surface area contributed by atoms with E-state index in [0.29, 0.717) is 19.0 Å². The van der Waals surface area contributed by atoms with Crippen molar-refractivity contribution in [1.82, 2.24) is 0 Å². The first kappa shape index (κ1) is 16.0. The number of rotatable bonds is 8. The Hall–Kier alpha value is -2.10. The highest BCUT2D eigenvalue weighted by molar-refractivity contribution is 5.36. The Morgan fingerprint density at radius 3 is 2.20 bits per heavy atom. The van der Waals surface area contributed by atoms with Crippen LogP contribution in [0.4, 0.5) is 5.69 Å². The predicted molar refractivity (Wildman–Crippen MR) is 73.4 cm³/mol. The van der Waals surface area contributed by atoms with Gasteiger partial charge in [0, 0.05) is 25.3 Å². The largest absolute Gasteiger partial charge is 0.487 e. The lowest BCUT2D eigenvalue weighted by Crippen LogP contribution is -2.40. The van der Waals surface area contributed by atoms with E-state index in [1.54, 1.807) is 13.8 Å². The summed E-state index contributed by atoms with van der Waals surface area (Å²) in [5.41, 5.74) is -0.00446. The molecule has 0 saturated carbocycles.